The molecule has 2 fully saturated rings. The summed E-state index contributed by atoms with van der Waals surface area (Å²) < 4.78 is 72.4. The molecule has 0 aliphatic carbocycles. The molecule has 0 unspecified atom stereocenters. The van der Waals surface area contributed by atoms with Crippen LogP contribution in [0.2, 0.25) is 0 Å². The Morgan fingerprint density at radius 2 is 1.81 bits per heavy atom. The third-order valence-electron chi connectivity index (χ3n) is 7.00. The Morgan fingerprint density at radius 3 is 2.35 bits per heavy atom. The van der Waals surface area contributed by atoms with Gasteiger partial charge >= 0.3 is 5.97 Å². The molecule has 0 saturated carbocycles. The average molecular weight is 555 g/mol. The van der Waals surface area contributed by atoms with Gasteiger partial charge in [-0.15, -0.1) is 0 Å². The number of nitrogens with zero attached hydrogens (tertiary/aromatic N) is 4. The maximum absolute atomic E-state index is 14.0. The number of esters is 1. The third kappa shape index (κ3) is 5.95. The van der Waals surface area contributed by atoms with E-state index in [4.69, 9.17) is 0 Å². The molecule has 1 aromatic carbocycles. The van der Waals surface area contributed by atoms with E-state index in [1.807, 2.05) is 0 Å². The zero-order valence-corrected chi connectivity index (χ0v) is 22.6. The fourth-order valence-electron chi connectivity index (χ4n) is 4.65. The van der Waals surface area contributed by atoms with E-state index < -0.39 is 37.1 Å². The van der Waals surface area contributed by atoms with Gasteiger partial charge in [-0.25, -0.2) is 26.0 Å². The summed E-state index contributed by atoms with van der Waals surface area (Å²) in [4.78, 5) is 18.1. The maximum Gasteiger partial charge on any atom is 0.339 e. The molecule has 0 atom stereocenters. The van der Waals surface area contributed by atoms with Crippen molar-refractivity contribution in [2.75, 3.05) is 43.8 Å². The molecule has 10 nitrogen and oxygen atoms in total. The number of piperidine rings is 1. The highest BCUT2D eigenvalue weighted by Crippen LogP contribution is 2.30. The summed E-state index contributed by atoms with van der Waals surface area (Å²) in [6, 6.07) is 7.36. The van der Waals surface area contributed by atoms with Crippen LogP contribution in [0.4, 0.5) is 10.1 Å². The van der Waals surface area contributed by atoms with Gasteiger partial charge in [0.05, 0.1) is 42.1 Å². The van der Waals surface area contributed by atoms with E-state index >= 15 is 0 Å². The molecule has 1 aromatic heterocycles. The predicted molar refractivity (Wildman–Crippen MR) is 137 cm³/mol. The van der Waals surface area contributed by atoms with Crippen molar-refractivity contribution in [3.8, 4) is 0 Å². The van der Waals surface area contributed by atoms with Crippen molar-refractivity contribution < 1.29 is 30.8 Å². The molecule has 4 rings (SSSR count). The lowest BCUT2D eigenvalue weighted by Gasteiger charge is -2.46. The number of ether oxygens (including phenoxy) is 1. The largest absolute Gasteiger partial charge is 0.465 e. The van der Waals surface area contributed by atoms with Crippen molar-refractivity contribution in [2.45, 2.75) is 37.6 Å². The predicted octanol–water partition coefficient (Wildman–Crippen LogP) is 1.76. The summed E-state index contributed by atoms with van der Waals surface area (Å²) >= 11 is 0. The van der Waals surface area contributed by atoms with Crippen LogP contribution in [-0.2, 0) is 31.3 Å². The van der Waals surface area contributed by atoms with Crippen LogP contribution in [-0.4, -0.2) is 87.8 Å². The van der Waals surface area contributed by atoms with Gasteiger partial charge < -0.3 is 4.74 Å². The molecule has 2 aliphatic rings. The first kappa shape index (κ1) is 27.4. The highest BCUT2D eigenvalue weighted by Gasteiger charge is 2.41. The number of carbonyl (C=O) groups excluding carboxylic acids is 1. The minimum atomic E-state index is -3.86. The number of halogens is 1. The third-order valence-corrected chi connectivity index (χ3v) is 10.5. The Kier molecular flexibility index (Phi) is 7.88. The van der Waals surface area contributed by atoms with Gasteiger partial charge in [0.15, 0.2) is 0 Å². The van der Waals surface area contributed by atoms with Crippen LogP contribution in [0, 0.1) is 12.7 Å². The maximum atomic E-state index is 14.0. The molecule has 2 aromatic rings. The number of rotatable bonds is 8. The molecule has 0 amide bonds. The molecule has 0 radical (unpaired) electrons. The minimum absolute atomic E-state index is 0.0823. The van der Waals surface area contributed by atoms with Crippen molar-refractivity contribution in [3.63, 3.8) is 0 Å². The topological polar surface area (TPSA) is 117 Å². The number of likely N-dealkylation sites (tertiary alicyclic amines) is 1. The van der Waals surface area contributed by atoms with E-state index in [-0.39, 0.29) is 18.2 Å². The van der Waals surface area contributed by atoms with Gasteiger partial charge in [-0.3, -0.25) is 14.2 Å². The second-order valence-electron chi connectivity index (χ2n) is 9.48. The summed E-state index contributed by atoms with van der Waals surface area (Å²) in [5.41, 5.74) is 1.33. The van der Waals surface area contributed by atoms with Gasteiger partial charge in [0, 0.05) is 25.3 Å². The second-order valence-corrected chi connectivity index (χ2v) is 13.6. The quantitative estimate of drug-likeness (QED) is 0.453. The van der Waals surface area contributed by atoms with Crippen molar-refractivity contribution in [3.05, 3.63) is 59.2 Å². The summed E-state index contributed by atoms with van der Waals surface area (Å²) in [7, 11) is -5.81. The summed E-state index contributed by atoms with van der Waals surface area (Å²) in [6.45, 7) is 3.41. The molecule has 13 heteroatoms. The number of methoxy groups -OCH3 is 1. The van der Waals surface area contributed by atoms with Crippen molar-refractivity contribution in [1.29, 1.82) is 0 Å². The van der Waals surface area contributed by atoms with E-state index in [2.05, 4.69) is 14.6 Å². The van der Waals surface area contributed by atoms with Gasteiger partial charge in [0.1, 0.15) is 5.82 Å². The van der Waals surface area contributed by atoms with Crippen molar-refractivity contribution in [2.24, 2.45) is 0 Å². The highest BCUT2D eigenvalue weighted by atomic mass is 32.2. The normalized spacial score (nSPS) is 18.4. The number of anilines is 1. The summed E-state index contributed by atoms with van der Waals surface area (Å²) in [6.07, 6.45) is 3.30. The zero-order chi connectivity index (χ0) is 27.0. The average Bonchev–Trinajstić information content (AvgIpc) is 2.82. The molecule has 0 N–H and O–H groups in total. The number of pyridine rings is 1. The molecule has 2 aliphatic heterocycles. The lowest BCUT2D eigenvalue weighted by Crippen LogP contribution is -2.62. The Hall–Kier alpha value is -2.61. The lowest BCUT2D eigenvalue weighted by molar-refractivity contribution is 0.0600. The van der Waals surface area contributed by atoms with Crippen LogP contribution in [0.3, 0.4) is 0 Å². The number of hydrogen-bond acceptors (Lipinski definition) is 8. The number of sulfonamides is 2. The fraction of sp³-hybridized carbons (Fsp3) is 0.500. The first-order chi connectivity index (χ1) is 17.4. The van der Waals surface area contributed by atoms with Crippen molar-refractivity contribution >= 4 is 31.7 Å². The molecule has 37 heavy (non-hydrogen) atoms. The number of hydrogen-bond donors (Lipinski definition) is 0. The molecular weight excluding hydrogens is 523 g/mol. The number of benzene rings is 1. The van der Waals surface area contributed by atoms with Crippen LogP contribution in [0.25, 0.3) is 0 Å². The Bertz CT molecular complexity index is 1350. The van der Waals surface area contributed by atoms with Gasteiger partial charge in [0.25, 0.3) is 0 Å². The Morgan fingerprint density at radius 1 is 1.14 bits per heavy atom. The first-order valence-corrected chi connectivity index (χ1v) is 15.3. The van der Waals surface area contributed by atoms with E-state index in [0.717, 1.165) is 0 Å². The smallest absolute Gasteiger partial charge is 0.339 e. The van der Waals surface area contributed by atoms with Gasteiger partial charge in [-0.05, 0) is 68.8 Å². The zero-order valence-electron chi connectivity index (χ0n) is 21.0. The second kappa shape index (κ2) is 10.6. The SMILES string of the molecule is COC(=O)c1ccc(CN(c2ccc(F)c(C)c2)S(=O)(=O)C2CCN(C3CN(S(C)(=O)=O)C3)CC2)nc1. The van der Waals surface area contributed by atoms with Crippen LogP contribution in [0.15, 0.2) is 36.5 Å². The molecule has 0 bridgehead atoms. The van der Waals surface area contributed by atoms with E-state index in [9.17, 15) is 26.0 Å². The molecule has 202 valence electrons. The van der Waals surface area contributed by atoms with E-state index in [0.29, 0.717) is 56.0 Å². The molecule has 2 saturated heterocycles. The van der Waals surface area contributed by atoms with Gasteiger partial charge in [0.2, 0.25) is 20.0 Å². The number of aryl methyl sites for hydroxylation is 1. The summed E-state index contributed by atoms with van der Waals surface area (Å²) in [5.74, 6) is -0.978. The molecular formula is C24H31FN4O6S2. The van der Waals surface area contributed by atoms with E-state index in [1.165, 1.54) is 52.4 Å². The minimum Gasteiger partial charge on any atom is -0.465 e. The van der Waals surface area contributed by atoms with Crippen LogP contribution >= 0.6 is 0 Å². The van der Waals surface area contributed by atoms with Gasteiger partial charge in [-0.1, -0.05) is 0 Å². The number of aromatic nitrogens is 1. The highest BCUT2D eigenvalue weighted by molar-refractivity contribution is 7.93. The Labute approximate surface area is 217 Å². The van der Waals surface area contributed by atoms with Crippen molar-refractivity contribution in [1.82, 2.24) is 14.2 Å². The fourth-order valence-corrected chi connectivity index (χ4v) is 7.42. The Balaban J connectivity index is 1.52. The van der Waals surface area contributed by atoms with Gasteiger partial charge in [-0.2, -0.15) is 4.31 Å². The number of carbonyl (C=O) groups is 1. The standard InChI is InChI=1S/C24H31FN4O6S2/c1-17-12-20(6-7-23(17)25)29(14-19-5-4-18(13-26-19)24(30)35-2)37(33,34)22-8-10-27(11-9-22)21-15-28(16-21)36(3,31)32/h4-7,12-13,21-22H,8-11,14-16H2,1-3H3. The summed E-state index contributed by atoms with van der Waals surface area (Å²) in [5, 5.41) is -0.658. The molecule has 0 spiro atoms. The van der Waals surface area contributed by atoms with Crippen LogP contribution < -0.4 is 4.31 Å². The van der Waals surface area contributed by atoms with Crippen LogP contribution in [0.5, 0.6) is 0 Å². The van der Waals surface area contributed by atoms with E-state index in [1.54, 1.807) is 13.0 Å². The monoisotopic (exact) mass is 554 g/mol. The van der Waals surface area contributed by atoms with Crippen LogP contribution in [0.1, 0.15) is 34.5 Å². The lowest BCUT2D eigenvalue weighted by atomic mass is 10.0. The molecule has 3 heterocycles. The first-order valence-electron chi connectivity index (χ1n) is 11.9.